The molecule has 0 unspecified atom stereocenters. The lowest BCUT2D eigenvalue weighted by Gasteiger charge is -2.04. The molecule has 0 bridgehead atoms. The van der Waals surface area contributed by atoms with Gasteiger partial charge in [-0.05, 0) is 30.3 Å². The van der Waals surface area contributed by atoms with Crippen LogP contribution in [-0.4, -0.2) is 17.2 Å². The van der Waals surface area contributed by atoms with Crippen molar-refractivity contribution in [3.8, 4) is 11.6 Å². The van der Waals surface area contributed by atoms with Gasteiger partial charge in [0.05, 0.1) is 6.21 Å². The van der Waals surface area contributed by atoms with Gasteiger partial charge in [-0.1, -0.05) is 0 Å². The van der Waals surface area contributed by atoms with E-state index in [-0.39, 0.29) is 5.82 Å². The van der Waals surface area contributed by atoms with E-state index in [2.05, 4.69) is 15.5 Å². The first-order chi connectivity index (χ1) is 9.63. The van der Waals surface area contributed by atoms with E-state index in [0.717, 1.165) is 0 Å². The predicted molar refractivity (Wildman–Crippen MR) is 71.0 cm³/mol. The fourth-order valence-electron chi connectivity index (χ4n) is 1.32. The average molecular weight is 274 g/mol. The minimum atomic E-state index is -0.745. The summed E-state index contributed by atoms with van der Waals surface area (Å²) in [5, 5.41) is 3.59. The Morgan fingerprint density at radius 2 is 2.05 bits per heavy atom. The molecule has 0 atom stereocenters. The van der Waals surface area contributed by atoms with E-state index in [0.29, 0.717) is 17.2 Å². The Bertz CT molecular complexity index is 611. The molecule has 1 heterocycles. The largest absolute Gasteiger partial charge is 0.439 e. The molecule has 6 nitrogen and oxygen atoms in total. The molecular weight excluding hydrogens is 263 g/mol. The van der Waals surface area contributed by atoms with Crippen molar-refractivity contribution in [2.45, 2.75) is 0 Å². The van der Waals surface area contributed by atoms with Crippen LogP contribution in [0.15, 0.2) is 47.7 Å². The van der Waals surface area contributed by atoms with Gasteiger partial charge in [0, 0.05) is 17.8 Å². The van der Waals surface area contributed by atoms with Crippen LogP contribution in [0.5, 0.6) is 11.6 Å². The van der Waals surface area contributed by atoms with E-state index in [9.17, 15) is 9.18 Å². The lowest BCUT2D eigenvalue weighted by molar-refractivity contribution is 0.249. The van der Waals surface area contributed by atoms with E-state index in [1.807, 2.05) is 0 Å². The van der Waals surface area contributed by atoms with Crippen molar-refractivity contribution in [1.82, 2.24) is 10.4 Å². The normalized spacial score (nSPS) is 10.4. The number of carbonyl (C=O) groups excluding carboxylic acids is 1. The third kappa shape index (κ3) is 4.05. The number of hydrogen-bond acceptors (Lipinski definition) is 4. The van der Waals surface area contributed by atoms with E-state index < -0.39 is 6.03 Å². The number of amides is 2. The number of aromatic nitrogens is 1. The van der Waals surface area contributed by atoms with Crippen LogP contribution in [0.25, 0.3) is 0 Å². The first-order valence-electron chi connectivity index (χ1n) is 5.61. The third-order valence-electron chi connectivity index (χ3n) is 2.18. The van der Waals surface area contributed by atoms with Gasteiger partial charge in [0.15, 0.2) is 0 Å². The number of rotatable bonds is 4. The Balaban J connectivity index is 1.99. The van der Waals surface area contributed by atoms with Gasteiger partial charge in [0.2, 0.25) is 5.88 Å². The molecule has 2 rings (SSSR count). The average Bonchev–Trinajstić information content (AvgIpc) is 2.43. The van der Waals surface area contributed by atoms with Crippen LogP contribution in [0.1, 0.15) is 5.56 Å². The maximum atomic E-state index is 12.7. The molecule has 20 heavy (non-hydrogen) atoms. The lowest BCUT2D eigenvalue weighted by Crippen LogP contribution is -2.24. The molecule has 7 heteroatoms. The van der Waals surface area contributed by atoms with Crippen LogP contribution in [0.3, 0.4) is 0 Å². The maximum Gasteiger partial charge on any atom is 0.332 e. The van der Waals surface area contributed by atoms with Crippen molar-refractivity contribution in [2.24, 2.45) is 10.8 Å². The molecule has 3 N–H and O–H groups in total. The molecular formula is C13H11FN4O2. The summed E-state index contributed by atoms with van der Waals surface area (Å²) in [5.41, 5.74) is 7.58. The van der Waals surface area contributed by atoms with Crippen molar-refractivity contribution in [2.75, 3.05) is 0 Å². The van der Waals surface area contributed by atoms with Crippen LogP contribution in [0.4, 0.5) is 9.18 Å². The predicted octanol–water partition coefficient (Wildman–Crippen LogP) is 2.02. The smallest absolute Gasteiger partial charge is 0.332 e. The van der Waals surface area contributed by atoms with Crippen LogP contribution in [0, 0.1) is 5.82 Å². The van der Waals surface area contributed by atoms with E-state index in [1.165, 1.54) is 36.7 Å². The standard InChI is InChI=1S/C13H11FN4O2/c14-10-2-4-11(5-3-10)20-12-6-1-9(7-16-12)8-17-18-13(15)19/h1-8H,(H3,15,18,19). The summed E-state index contributed by atoms with van der Waals surface area (Å²) >= 11 is 0. The monoisotopic (exact) mass is 274 g/mol. The van der Waals surface area contributed by atoms with Crippen LogP contribution >= 0.6 is 0 Å². The van der Waals surface area contributed by atoms with Crippen LogP contribution in [0.2, 0.25) is 0 Å². The highest BCUT2D eigenvalue weighted by atomic mass is 19.1. The molecule has 0 fully saturated rings. The van der Waals surface area contributed by atoms with Gasteiger partial charge in [-0.3, -0.25) is 0 Å². The number of benzene rings is 1. The Morgan fingerprint density at radius 3 is 2.65 bits per heavy atom. The maximum absolute atomic E-state index is 12.7. The third-order valence-corrected chi connectivity index (χ3v) is 2.18. The Hall–Kier alpha value is -2.96. The fourth-order valence-corrected chi connectivity index (χ4v) is 1.32. The second kappa shape index (κ2) is 6.28. The second-order valence-electron chi connectivity index (χ2n) is 3.72. The summed E-state index contributed by atoms with van der Waals surface area (Å²) in [4.78, 5) is 14.4. The Labute approximate surface area is 114 Å². The number of nitrogens with two attached hydrogens (primary N) is 1. The molecule has 0 radical (unpaired) electrons. The van der Waals surface area contributed by atoms with Gasteiger partial charge in [-0.25, -0.2) is 19.6 Å². The topological polar surface area (TPSA) is 89.6 Å². The fraction of sp³-hybridized carbons (Fsp3) is 0. The molecule has 0 aliphatic heterocycles. The molecule has 102 valence electrons. The first kappa shape index (κ1) is 13.5. The summed E-state index contributed by atoms with van der Waals surface area (Å²) < 4.78 is 18.1. The van der Waals surface area contributed by atoms with Crippen molar-refractivity contribution >= 4 is 12.2 Å². The molecule has 0 saturated heterocycles. The van der Waals surface area contributed by atoms with Crippen molar-refractivity contribution in [3.63, 3.8) is 0 Å². The van der Waals surface area contributed by atoms with Gasteiger partial charge in [0.1, 0.15) is 11.6 Å². The van der Waals surface area contributed by atoms with E-state index >= 15 is 0 Å². The Morgan fingerprint density at radius 1 is 1.30 bits per heavy atom. The summed E-state index contributed by atoms with van der Waals surface area (Å²) in [6, 6.07) is 8.17. The van der Waals surface area contributed by atoms with Crippen molar-refractivity contribution in [1.29, 1.82) is 0 Å². The number of halogens is 1. The van der Waals surface area contributed by atoms with Gasteiger partial charge in [0.25, 0.3) is 0 Å². The number of carbonyl (C=O) groups is 1. The SMILES string of the molecule is NC(=O)NN=Cc1ccc(Oc2ccc(F)cc2)nc1. The lowest BCUT2D eigenvalue weighted by atomic mass is 10.3. The summed E-state index contributed by atoms with van der Waals surface area (Å²) in [7, 11) is 0. The molecule has 0 spiro atoms. The zero-order valence-corrected chi connectivity index (χ0v) is 10.3. The molecule has 1 aromatic heterocycles. The van der Waals surface area contributed by atoms with E-state index in [1.54, 1.807) is 12.1 Å². The van der Waals surface area contributed by atoms with Crippen molar-refractivity contribution in [3.05, 3.63) is 54.0 Å². The van der Waals surface area contributed by atoms with Gasteiger partial charge in [-0.2, -0.15) is 5.10 Å². The zero-order valence-electron chi connectivity index (χ0n) is 10.3. The quantitative estimate of drug-likeness (QED) is 0.660. The van der Waals surface area contributed by atoms with Crippen molar-refractivity contribution < 1.29 is 13.9 Å². The van der Waals surface area contributed by atoms with Gasteiger partial charge >= 0.3 is 6.03 Å². The molecule has 0 saturated carbocycles. The number of primary amides is 1. The second-order valence-corrected chi connectivity index (χ2v) is 3.72. The van der Waals surface area contributed by atoms with Gasteiger partial charge < -0.3 is 10.5 Å². The highest BCUT2D eigenvalue weighted by molar-refractivity contribution is 5.81. The summed E-state index contributed by atoms with van der Waals surface area (Å²) in [5.74, 6) is 0.506. The minimum Gasteiger partial charge on any atom is -0.439 e. The number of hydrazone groups is 1. The van der Waals surface area contributed by atoms with Gasteiger partial charge in [-0.15, -0.1) is 0 Å². The number of hydrogen-bond donors (Lipinski definition) is 2. The number of urea groups is 1. The van der Waals surface area contributed by atoms with E-state index in [4.69, 9.17) is 10.5 Å². The molecule has 1 aromatic carbocycles. The molecule has 2 amide bonds. The molecule has 2 aromatic rings. The first-order valence-corrected chi connectivity index (χ1v) is 5.61. The Kier molecular flexibility index (Phi) is 4.23. The minimum absolute atomic E-state index is 0.334. The molecule has 0 aliphatic carbocycles. The number of ether oxygens (including phenoxy) is 1. The number of nitrogens with zero attached hydrogens (tertiary/aromatic N) is 2. The zero-order chi connectivity index (χ0) is 14.4. The van der Waals surface area contributed by atoms with Crippen LogP contribution < -0.4 is 15.9 Å². The number of pyridine rings is 1. The molecule has 0 aliphatic rings. The highest BCUT2D eigenvalue weighted by Crippen LogP contribution is 2.19. The summed E-state index contributed by atoms with van der Waals surface area (Å²) in [6.45, 7) is 0. The summed E-state index contributed by atoms with van der Waals surface area (Å²) in [6.07, 6.45) is 2.89. The van der Waals surface area contributed by atoms with Crippen LogP contribution in [-0.2, 0) is 0 Å². The highest BCUT2D eigenvalue weighted by Gasteiger charge is 1.99. The number of nitrogens with one attached hydrogen (secondary N) is 1.